The normalized spacial score (nSPS) is 11.3. The highest BCUT2D eigenvalue weighted by Crippen LogP contribution is 2.29. The van der Waals surface area contributed by atoms with Crippen LogP contribution < -0.4 is 5.32 Å². The molecule has 8 heteroatoms. The van der Waals surface area contributed by atoms with E-state index in [1.54, 1.807) is 30.6 Å². The molecule has 0 aliphatic rings. The van der Waals surface area contributed by atoms with Crippen molar-refractivity contribution in [3.05, 3.63) is 64.2 Å². The summed E-state index contributed by atoms with van der Waals surface area (Å²) in [6, 6.07) is 9.89. The van der Waals surface area contributed by atoms with Gasteiger partial charge in [-0.3, -0.25) is 9.59 Å². The maximum absolute atomic E-state index is 13.5. The van der Waals surface area contributed by atoms with Crippen molar-refractivity contribution in [3.8, 4) is 10.6 Å². The number of likely N-dealkylation sites (N-methyl/N-ethyl adjacent to an activating group) is 1. The first-order valence-electron chi connectivity index (χ1n) is 11.2. The van der Waals surface area contributed by atoms with E-state index in [4.69, 9.17) is 4.98 Å². The van der Waals surface area contributed by atoms with Crippen molar-refractivity contribution < 1.29 is 9.59 Å². The summed E-state index contributed by atoms with van der Waals surface area (Å²) in [5.41, 5.74) is 5.80. The smallest absolute Gasteiger partial charge is 0.254 e. The van der Waals surface area contributed by atoms with Gasteiger partial charge in [0.05, 0.1) is 34.3 Å². The van der Waals surface area contributed by atoms with E-state index < -0.39 is 0 Å². The van der Waals surface area contributed by atoms with E-state index >= 15 is 0 Å². The predicted molar refractivity (Wildman–Crippen MR) is 137 cm³/mol. The lowest BCUT2D eigenvalue weighted by atomic mass is 10.1. The highest BCUT2D eigenvalue weighted by Gasteiger charge is 2.23. The lowest BCUT2D eigenvalue weighted by Gasteiger charge is -2.19. The zero-order valence-electron chi connectivity index (χ0n) is 20.3. The van der Waals surface area contributed by atoms with E-state index in [-0.39, 0.29) is 24.4 Å². The Labute approximate surface area is 203 Å². The van der Waals surface area contributed by atoms with Crippen molar-refractivity contribution in [2.75, 3.05) is 18.9 Å². The summed E-state index contributed by atoms with van der Waals surface area (Å²) in [4.78, 5) is 33.6. The third-order valence-electron chi connectivity index (χ3n) is 5.73. The quantitative estimate of drug-likeness (QED) is 0.406. The molecule has 1 aromatic carbocycles. The number of nitrogens with zero attached hydrogens (tertiary/aromatic N) is 4. The minimum absolute atomic E-state index is 0.0674. The number of amides is 2. The number of carbonyl (C=O) groups excluding carboxylic acids is 2. The van der Waals surface area contributed by atoms with Crippen molar-refractivity contribution in [2.45, 2.75) is 40.7 Å². The molecule has 4 aromatic rings. The van der Waals surface area contributed by atoms with E-state index in [0.29, 0.717) is 16.6 Å². The summed E-state index contributed by atoms with van der Waals surface area (Å²) in [6.45, 7) is 9.95. The Balaban J connectivity index is 1.64. The van der Waals surface area contributed by atoms with Gasteiger partial charge in [0.1, 0.15) is 0 Å². The average molecular weight is 476 g/mol. The molecule has 1 N–H and O–H groups in total. The molecule has 0 fully saturated rings. The van der Waals surface area contributed by atoms with Crippen LogP contribution in [0.1, 0.15) is 46.9 Å². The third kappa shape index (κ3) is 4.59. The molecule has 0 spiro atoms. The second kappa shape index (κ2) is 9.38. The average Bonchev–Trinajstić information content (AvgIpc) is 3.45. The number of anilines is 1. The number of fused-ring (bicyclic) bond motifs is 1. The summed E-state index contributed by atoms with van der Waals surface area (Å²) in [7, 11) is 1.64. The van der Waals surface area contributed by atoms with Crippen LogP contribution in [0.4, 0.5) is 5.69 Å². The molecule has 0 unspecified atom stereocenters. The largest absolute Gasteiger partial charge is 0.332 e. The monoisotopic (exact) mass is 475 g/mol. The first kappa shape index (κ1) is 23.6. The molecule has 0 saturated heterocycles. The molecular formula is C26H29N5O2S. The Morgan fingerprint density at radius 2 is 1.85 bits per heavy atom. The van der Waals surface area contributed by atoms with Crippen LogP contribution in [0.2, 0.25) is 0 Å². The topological polar surface area (TPSA) is 80.1 Å². The number of hydrogen-bond acceptors (Lipinski definition) is 5. The van der Waals surface area contributed by atoms with Gasteiger partial charge in [-0.15, -0.1) is 11.3 Å². The molecule has 4 rings (SSSR count). The zero-order valence-corrected chi connectivity index (χ0v) is 21.2. The lowest BCUT2D eigenvalue weighted by Crippen LogP contribution is -2.35. The van der Waals surface area contributed by atoms with Crippen molar-refractivity contribution in [3.63, 3.8) is 0 Å². The van der Waals surface area contributed by atoms with Crippen molar-refractivity contribution in [1.82, 2.24) is 19.7 Å². The van der Waals surface area contributed by atoms with E-state index in [1.807, 2.05) is 68.9 Å². The van der Waals surface area contributed by atoms with E-state index in [1.165, 1.54) is 4.90 Å². The number of aromatic nitrogens is 3. The number of nitrogens with one attached hydrogen (secondary N) is 1. The molecule has 34 heavy (non-hydrogen) atoms. The number of carbonyl (C=O) groups is 2. The number of aryl methyl sites for hydroxylation is 3. The molecule has 0 bridgehead atoms. The van der Waals surface area contributed by atoms with E-state index in [2.05, 4.69) is 10.4 Å². The van der Waals surface area contributed by atoms with Gasteiger partial charge in [-0.1, -0.05) is 23.8 Å². The van der Waals surface area contributed by atoms with E-state index in [9.17, 15) is 9.59 Å². The van der Waals surface area contributed by atoms with Crippen molar-refractivity contribution in [2.24, 2.45) is 0 Å². The minimum Gasteiger partial charge on any atom is -0.332 e. The van der Waals surface area contributed by atoms with Crippen LogP contribution in [0, 0.1) is 20.8 Å². The van der Waals surface area contributed by atoms with Crippen LogP contribution in [-0.2, 0) is 4.79 Å². The van der Waals surface area contributed by atoms with Gasteiger partial charge in [0, 0.05) is 18.8 Å². The Morgan fingerprint density at radius 1 is 1.15 bits per heavy atom. The lowest BCUT2D eigenvalue weighted by molar-refractivity contribution is -0.116. The molecule has 0 atom stereocenters. The number of rotatable bonds is 6. The van der Waals surface area contributed by atoms with Crippen LogP contribution in [0.25, 0.3) is 21.6 Å². The van der Waals surface area contributed by atoms with Gasteiger partial charge >= 0.3 is 0 Å². The summed E-state index contributed by atoms with van der Waals surface area (Å²) >= 11 is 1.56. The van der Waals surface area contributed by atoms with Crippen LogP contribution in [0.15, 0.2) is 41.9 Å². The third-order valence-corrected chi connectivity index (χ3v) is 6.62. The fourth-order valence-corrected chi connectivity index (χ4v) is 4.86. The van der Waals surface area contributed by atoms with Gasteiger partial charge < -0.3 is 10.2 Å². The Bertz CT molecular complexity index is 1350. The molecule has 0 radical (unpaired) electrons. The molecule has 0 aliphatic heterocycles. The number of benzene rings is 1. The Kier molecular flexibility index (Phi) is 6.52. The second-order valence-corrected chi connectivity index (χ2v) is 9.88. The summed E-state index contributed by atoms with van der Waals surface area (Å²) in [5.74, 6) is -0.492. The van der Waals surface area contributed by atoms with Gasteiger partial charge in [0.2, 0.25) is 5.91 Å². The van der Waals surface area contributed by atoms with Gasteiger partial charge in [0.15, 0.2) is 5.65 Å². The standard InChI is InChI=1S/C26H29N5O2S/c1-15(2)31-25-20(13-27-31)19(12-21(28-25)22-8-7-9-34-22)26(33)30(6)14-23(32)29-24-17(4)10-16(3)11-18(24)5/h7-13,15H,14H2,1-6H3,(H,29,32). The maximum atomic E-state index is 13.5. The number of hydrogen-bond donors (Lipinski definition) is 1. The highest BCUT2D eigenvalue weighted by molar-refractivity contribution is 7.13. The molecule has 3 heterocycles. The summed E-state index contributed by atoms with van der Waals surface area (Å²) in [5, 5.41) is 10.1. The molecule has 0 aliphatic carbocycles. The summed E-state index contributed by atoms with van der Waals surface area (Å²) < 4.78 is 1.82. The zero-order chi connectivity index (χ0) is 24.6. The first-order chi connectivity index (χ1) is 16.2. The summed E-state index contributed by atoms with van der Waals surface area (Å²) in [6.07, 6.45) is 1.68. The molecule has 176 valence electrons. The maximum Gasteiger partial charge on any atom is 0.254 e. The second-order valence-electron chi connectivity index (χ2n) is 8.94. The molecule has 0 saturated carbocycles. The van der Waals surface area contributed by atoms with Gasteiger partial charge in [-0.25, -0.2) is 9.67 Å². The van der Waals surface area contributed by atoms with Crippen molar-refractivity contribution >= 4 is 39.9 Å². The number of thiophene rings is 1. The SMILES string of the molecule is Cc1cc(C)c(NC(=O)CN(C)C(=O)c2cc(-c3cccs3)nc3c2cnn3C(C)C)c(C)c1. The van der Waals surface area contributed by atoms with E-state index in [0.717, 1.165) is 32.9 Å². The molecule has 3 aromatic heterocycles. The highest BCUT2D eigenvalue weighted by atomic mass is 32.1. The molecule has 7 nitrogen and oxygen atoms in total. The number of pyridine rings is 1. The predicted octanol–water partition coefficient (Wildman–Crippen LogP) is 5.38. The van der Waals surface area contributed by atoms with Gasteiger partial charge in [0.25, 0.3) is 5.91 Å². The fraction of sp³-hybridized carbons (Fsp3) is 0.308. The Hall–Kier alpha value is -3.52. The van der Waals surface area contributed by atoms with Gasteiger partial charge in [-0.05, 0) is 63.3 Å². The van der Waals surface area contributed by atoms with Gasteiger partial charge in [-0.2, -0.15) is 5.10 Å². The Morgan fingerprint density at radius 3 is 2.47 bits per heavy atom. The fourth-order valence-electron chi connectivity index (χ4n) is 4.17. The first-order valence-corrected chi connectivity index (χ1v) is 12.1. The van der Waals surface area contributed by atoms with Crippen LogP contribution in [-0.4, -0.2) is 45.1 Å². The van der Waals surface area contributed by atoms with Crippen molar-refractivity contribution in [1.29, 1.82) is 0 Å². The molecular weight excluding hydrogens is 446 g/mol. The molecule has 2 amide bonds. The van der Waals surface area contributed by atoms with Crippen LogP contribution >= 0.6 is 11.3 Å². The minimum atomic E-state index is -0.249. The van der Waals surface area contributed by atoms with Crippen LogP contribution in [0.3, 0.4) is 0 Å². The van der Waals surface area contributed by atoms with Crippen LogP contribution in [0.5, 0.6) is 0 Å².